The largest absolute Gasteiger partial charge is 0.422 e. The SMILES string of the molecule is Cc1cc2ccc(F)cc2oc1=O.c1ccc(-n2ccnc2)nc1. The monoisotopic (exact) mass is 323 g/mol. The summed E-state index contributed by atoms with van der Waals surface area (Å²) >= 11 is 0. The Balaban J connectivity index is 0.000000143. The summed E-state index contributed by atoms with van der Waals surface area (Å²) in [5.41, 5.74) is 0.396. The predicted octanol–water partition coefficient (Wildman–Crippen LogP) is 3.51. The lowest BCUT2D eigenvalue weighted by Gasteiger charge is -1.96. The molecule has 0 aliphatic rings. The molecule has 0 aliphatic carbocycles. The van der Waals surface area contributed by atoms with E-state index in [9.17, 15) is 9.18 Å². The quantitative estimate of drug-likeness (QED) is 0.503. The van der Waals surface area contributed by atoms with E-state index in [4.69, 9.17) is 4.42 Å². The van der Waals surface area contributed by atoms with Crippen molar-refractivity contribution in [3.8, 4) is 5.82 Å². The van der Waals surface area contributed by atoms with Crippen LogP contribution in [0.5, 0.6) is 0 Å². The third-order valence-electron chi connectivity index (χ3n) is 3.29. The van der Waals surface area contributed by atoms with Crippen molar-refractivity contribution < 1.29 is 8.81 Å². The third kappa shape index (κ3) is 3.55. The minimum absolute atomic E-state index is 0.288. The lowest BCUT2D eigenvalue weighted by molar-refractivity contribution is 0.549. The first kappa shape index (κ1) is 15.6. The minimum Gasteiger partial charge on any atom is -0.422 e. The average Bonchev–Trinajstić information content (AvgIpc) is 3.12. The van der Waals surface area contributed by atoms with Crippen molar-refractivity contribution in [2.24, 2.45) is 0 Å². The molecule has 6 heteroatoms. The molecule has 0 amide bonds. The number of hydrogen-bond acceptors (Lipinski definition) is 4. The van der Waals surface area contributed by atoms with Gasteiger partial charge in [0.25, 0.3) is 0 Å². The van der Waals surface area contributed by atoms with Crippen LogP contribution >= 0.6 is 0 Å². The van der Waals surface area contributed by atoms with Gasteiger partial charge in [0.05, 0.1) is 0 Å². The van der Waals surface area contributed by atoms with E-state index in [0.29, 0.717) is 5.56 Å². The number of imidazole rings is 1. The zero-order valence-corrected chi connectivity index (χ0v) is 12.9. The predicted molar refractivity (Wildman–Crippen MR) is 88.5 cm³/mol. The Bertz CT molecular complexity index is 996. The van der Waals surface area contributed by atoms with Crippen LogP contribution in [0.15, 0.2) is 76.6 Å². The van der Waals surface area contributed by atoms with Gasteiger partial charge < -0.3 is 4.42 Å². The highest BCUT2D eigenvalue weighted by Gasteiger charge is 2.01. The Kier molecular flexibility index (Phi) is 4.47. The van der Waals surface area contributed by atoms with Crippen LogP contribution < -0.4 is 5.63 Å². The van der Waals surface area contributed by atoms with Crippen LogP contribution in [0.4, 0.5) is 4.39 Å². The molecular formula is C18H14FN3O2. The smallest absolute Gasteiger partial charge is 0.339 e. The first-order valence-electron chi connectivity index (χ1n) is 7.23. The van der Waals surface area contributed by atoms with Crippen LogP contribution in [0, 0.1) is 12.7 Å². The molecule has 3 heterocycles. The molecule has 3 aromatic heterocycles. The third-order valence-corrected chi connectivity index (χ3v) is 3.29. The van der Waals surface area contributed by atoms with E-state index >= 15 is 0 Å². The second-order valence-electron chi connectivity index (χ2n) is 5.06. The topological polar surface area (TPSA) is 60.9 Å². The molecule has 1 aromatic carbocycles. The van der Waals surface area contributed by atoms with Gasteiger partial charge in [-0.3, -0.25) is 4.57 Å². The number of hydrogen-bond donors (Lipinski definition) is 0. The first-order chi connectivity index (χ1) is 11.6. The molecule has 0 radical (unpaired) electrons. The number of aryl methyl sites for hydroxylation is 1. The molecule has 24 heavy (non-hydrogen) atoms. The molecule has 0 spiro atoms. The standard InChI is InChI=1S/C10H7FO2.C8H7N3/c1-6-4-7-2-3-8(11)5-9(7)13-10(6)12;1-2-4-10-8(3-1)11-6-5-9-7-11/h2-5H,1H3;1-7H. The van der Waals surface area contributed by atoms with Gasteiger partial charge in [0.2, 0.25) is 0 Å². The van der Waals surface area contributed by atoms with Crippen LogP contribution in [-0.2, 0) is 0 Å². The van der Waals surface area contributed by atoms with Crippen LogP contribution in [0.3, 0.4) is 0 Å². The zero-order valence-electron chi connectivity index (χ0n) is 12.9. The first-order valence-corrected chi connectivity index (χ1v) is 7.23. The summed E-state index contributed by atoms with van der Waals surface area (Å²) in [5.74, 6) is 0.490. The molecule has 0 unspecified atom stereocenters. The van der Waals surface area contributed by atoms with Gasteiger partial charge in [0, 0.05) is 35.6 Å². The van der Waals surface area contributed by atoms with Crippen molar-refractivity contribution >= 4 is 11.0 Å². The van der Waals surface area contributed by atoms with E-state index < -0.39 is 11.4 Å². The van der Waals surface area contributed by atoms with Gasteiger partial charge in [-0.2, -0.15) is 0 Å². The summed E-state index contributed by atoms with van der Waals surface area (Å²) < 4.78 is 19.4. The summed E-state index contributed by atoms with van der Waals surface area (Å²) in [5, 5.41) is 0.735. The number of pyridine rings is 1. The molecule has 120 valence electrons. The molecule has 0 bridgehead atoms. The number of benzene rings is 1. The zero-order chi connectivity index (χ0) is 16.9. The van der Waals surface area contributed by atoms with Crippen LogP contribution in [0.25, 0.3) is 16.8 Å². The maximum atomic E-state index is 12.7. The highest BCUT2D eigenvalue weighted by Crippen LogP contribution is 2.14. The van der Waals surface area contributed by atoms with Gasteiger partial charge in [0.1, 0.15) is 23.5 Å². The Morgan fingerprint density at radius 2 is 2.00 bits per heavy atom. The van der Waals surface area contributed by atoms with E-state index in [2.05, 4.69) is 9.97 Å². The van der Waals surface area contributed by atoms with Crippen LogP contribution in [-0.4, -0.2) is 14.5 Å². The number of aromatic nitrogens is 3. The fourth-order valence-corrected chi connectivity index (χ4v) is 2.09. The molecule has 0 fully saturated rings. The number of fused-ring (bicyclic) bond motifs is 1. The Hall–Kier alpha value is -3.28. The van der Waals surface area contributed by atoms with E-state index in [1.54, 1.807) is 37.8 Å². The summed E-state index contributed by atoms with van der Waals surface area (Å²) in [4.78, 5) is 19.1. The van der Waals surface area contributed by atoms with Crippen molar-refractivity contribution in [1.29, 1.82) is 0 Å². The van der Waals surface area contributed by atoms with Gasteiger partial charge in [-0.25, -0.2) is 19.2 Å². The van der Waals surface area contributed by atoms with E-state index in [-0.39, 0.29) is 5.58 Å². The fourth-order valence-electron chi connectivity index (χ4n) is 2.09. The Morgan fingerprint density at radius 1 is 1.12 bits per heavy atom. The molecular weight excluding hydrogens is 309 g/mol. The summed E-state index contributed by atoms with van der Waals surface area (Å²) in [6, 6.07) is 11.6. The highest BCUT2D eigenvalue weighted by atomic mass is 19.1. The Labute approximate surface area is 137 Å². The van der Waals surface area contributed by atoms with E-state index in [1.165, 1.54) is 12.1 Å². The number of nitrogens with zero attached hydrogens (tertiary/aromatic N) is 3. The molecule has 5 nitrogen and oxygen atoms in total. The van der Waals surface area contributed by atoms with Crippen molar-refractivity contribution in [1.82, 2.24) is 14.5 Å². The normalized spacial score (nSPS) is 10.2. The van der Waals surface area contributed by atoms with Crippen LogP contribution in [0.2, 0.25) is 0 Å². The van der Waals surface area contributed by atoms with Crippen molar-refractivity contribution in [2.45, 2.75) is 6.92 Å². The second-order valence-corrected chi connectivity index (χ2v) is 5.06. The van der Waals surface area contributed by atoms with Gasteiger partial charge in [-0.05, 0) is 37.3 Å². The highest BCUT2D eigenvalue weighted by molar-refractivity contribution is 5.76. The second kappa shape index (κ2) is 6.87. The Morgan fingerprint density at radius 3 is 2.71 bits per heavy atom. The van der Waals surface area contributed by atoms with Gasteiger partial charge >= 0.3 is 5.63 Å². The summed E-state index contributed by atoms with van der Waals surface area (Å²) in [6.45, 7) is 1.66. The van der Waals surface area contributed by atoms with Gasteiger partial charge in [0.15, 0.2) is 0 Å². The van der Waals surface area contributed by atoms with E-state index in [0.717, 1.165) is 11.2 Å². The lowest BCUT2D eigenvalue weighted by atomic mass is 10.2. The summed E-state index contributed by atoms with van der Waals surface area (Å²) in [6.07, 6.45) is 7.08. The summed E-state index contributed by atoms with van der Waals surface area (Å²) in [7, 11) is 0. The van der Waals surface area contributed by atoms with Gasteiger partial charge in [-0.1, -0.05) is 6.07 Å². The average molecular weight is 323 g/mol. The lowest BCUT2D eigenvalue weighted by Crippen LogP contribution is -2.01. The molecule has 0 atom stereocenters. The number of halogens is 1. The van der Waals surface area contributed by atoms with Crippen molar-refractivity contribution in [2.75, 3.05) is 0 Å². The number of rotatable bonds is 1. The minimum atomic E-state index is -0.418. The van der Waals surface area contributed by atoms with Crippen LogP contribution in [0.1, 0.15) is 5.56 Å². The maximum Gasteiger partial charge on any atom is 0.339 e. The van der Waals surface area contributed by atoms with Gasteiger partial charge in [-0.15, -0.1) is 0 Å². The molecule has 0 aliphatic heterocycles. The molecule has 0 saturated carbocycles. The molecule has 0 saturated heterocycles. The fraction of sp³-hybridized carbons (Fsp3) is 0.0556. The maximum absolute atomic E-state index is 12.7. The molecule has 4 aromatic rings. The van der Waals surface area contributed by atoms with Crippen molar-refractivity contribution in [3.05, 3.63) is 89.2 Å². The molecule has 0 N–H and O–H groups in total. The van der Waals surface area contributed by atoms with E-state index in [1.807, 2.05) is 29.0 Å². The molecule has 4 rings (SSSR count). The van der Waals surface area contributed by atoms with Crippen molar-refractivity contribution in [3.63, 3.8) is 0 Å².